The summed E-state index contributed by atoms with van der Waals surface area (Å²) in [6, 6.07) is 7.40. The second-order valence-corrected chi connectivity index (χ2v) is 5.35. The van der Waals surface area contributed by atoms with Crippen LogP contribution in [-0.2, 0) is 4.79 Å². The Bertz CT molecular complexity index is 698. The van der Waals surface area contributed by atoms with Gasteiger partial charge in [-0.05, 0) is 12.1 Å². The average molecular weight is 303 g/mol. The first-order chi connectivity index (χ1) is 10.1. The number of hydrogen-bond donors (Lipinski definition) is 1. The minimum atomic E-state index is -0.208. The highest BCUT2D eigenvalue weighted by atomic mass is 32.1. The molecule has 1 aromatic heterocycles. The first-order valence-electron chi connectivity index (χ1n) is 6.42. The van der Waals surface area contributed by atoms with E-state index in [0.717, 1.165) is 5.69 Å². The summed E-state index contributed by atoms with van der Waals surface area (Å²) in [5, 5.41) is 4.64. The molecular weight excluding hydrogens is 290 g/mol. The minimum Gasteiger partial charge on any atom is -0.490 e. The van der Waals surface area contributed by atoms with E-state index >= 15 is 0 Å². The van der Waals surface area contributed by atoms with Crippen molar-refractivity contribution in [3.05, 3.63) is 35.3 Å². The van der Waals surface area contributed by atoms with Crippen molar-refractivity contribution in [2.24, 2.45) is 0 Å². The molecule has 0 saturated carbocycles. The monoisotopic (exact) mass is 303 g/mol. The number of aromatic nitrogens is 1. The van der Waals surface area contributed by atoms with Crippen LogP contribution in [0.4, 0.5) is 10.8 Å². The fourth-order valence-electron chi connectivity index (χ4n) is 2.10. The molecule has 0 bridgehead atoms. The molecule has 0 unspecified atom stereocenters. The van der Waals surface area contributed by atoms with E-state index in [2.05, 4.69) is 10.3 Å². The summed E-state index contributed by atoms with van der Waals surface area (Å²) >= 11 is 1.23. The number of hydrogen-bond acceptors (Lipinski definition) is 5. The van der Waals surface area contributed by atoms with E-state index in [1.807, 2.05) is 24.3 Å². The molecule has 3 rings (SSSR count). The van der Waals surface area contributed by atoms with E-state index in [0.29, 0.717) is 29.7 Å². The lowest BCUT2D eigenvalue weighted by molar-refractivity contribution is -0.114. The molecule has 108 valence electrons. The summed E-state index contributed by atoms with van der Waals surface area (Å²) in [5.41, 5.74) is 1.06. The van der Waals surface area contributed by atoms with Crippen LogP contribution in [0.25, 0.3) is 0 Å². The van der Waals surface area contributed by atoms with Crippen molar-refractivity contribution in [1.82, 2.24) is 4.98 Å². The molecule has 0 aliphatic carbocycles. The maximum Gasteiger partial charge on any atom is 0.278 e. The Morgan fingerprint density at radius 2 is 2.19 bits per heavy atom. The average Bonchev–Trinajstić information content (AvgIpc) is 2.93. The predicted octanol–water partition coefficient (Wildman–Crippen LogP) is 2.14. The minimum absolute atomic E-state index is 0.196. The first-order valence-corrected chi connectivity index (χ1v) is 7.30. The topological polar surface area (TPSA) is 71.5 Å². The van der Waals surface area contributed by atoms with Gasteiger partial charge in [0.1, 0.15) is 18.1 Å². The van der Waals surface area contributed by atoms with E-state index < -0.39 is 0 Å². The van der Waals surface area contributed by atoms with E-state index in [9.17, 15) is 9.59 Å². The maximum absolute atomic E-state index is 12.6. The number of carbonyl (C=O) groups excluding carboxylic acids is 2. The SMILES string of the molecule is CC(=O)Nc1nc(C(=O)N2CCOc3ccccc32)cs1. The molecule has 2 amide bonds. The smallest absolute Gasteiger partial charge is 0.278 e. The van der Waals surface area contributed by atoms with Gasteiger partial charge in [0.05, 0.1) is 12.2 Å². The van der Waals surface area contributed by atoms with Gasteiger partial charge >= 0.3 is 0 Å². The Morgan fingerprint density at radius 3 is 3.00 bits per heavy atom. The van der Waals surface area contributed by atoms with Crippen molar-refractivity contribution in [3.63, 3.8) is 0 Å². The molecule has 1 aromatic carbocycles. The number of nitrogens with zero attached hydrogens (tertiary/aromatic N) is 2. The first kappa shape index (κ1) is 13.6. The fraction of sp³-hybridized carbons (Fsp3) is 0.214. The van der Waals surface area contributed by atoms with Gasteiger partial charge in [-0.15, -0.1) is 11.3 Å². The van der Waals surface area contributed by atoms with Crippen LogP contribution in [0.1, 0.15) is 17.4 Å². The highest BCUT2D eigenvalue weighted by Gasteiger charge is 2.26. The zero-order valence-corrected chi connectivity index (χ0v) is 12.1. The van der Waals surface area contributed by atoms with Crippen LogP contribution in [0.5, 0.6) is 5.75 Å². The zero-order valence-electron chi connectivity index (χ0n) is 11.3. The van der Waals surface area contributed by atoms with Gasteiger partial charge in [-0.1, -0.05) is 12.1 Å². The molecule has 6 nitrogen and oxygen atoms in total. The summed E-state index contributed by atoms with van der Waals surface area (Å²) in [6.07, 6.45) is 0. The molecule has 7 heteroatoms. The normalized spacial score (nSPS) is 13.3. The van der Waals surface area contributed by atoms with Crippen LogP contribution in [0.3, 0.4) is 0 Å². The Hall–Kier alpha value is -2.41. The number of nitrogens with one attached hydrogen (secondary N) is 1. The molecule has 0 saturated heterocycles. The lowest BCUT2D eigenvalue weighted by Crippen LogP contribution is -2.38. The molecule has 21 heavy (non-hydrogen) atoms. The number of amides is 2. The third-order valence-electron chi connectivity index (χ3n) is 2.98. The van der Waals surface area contributed by atoms with Crippen molar-refractivity contribution < 1.29 is 14.3 Å². The van der Waals surface area contributed by atoms with Crippen molar-refractivity contribution in [2.45, 2.75) is 6.92 Å². The number of carbonyl (C=O) groups is 2. The predicted molar refractivity (Wildman–Crippen MR) is 80.0 cm³/mol. The number of fused-ring (bicyclic) bond motifs is 1. The standard InChI is InChI=1S/C14H13N3O3S/c1-9(18)15-14-16-10(8-21-14)13(19)17-6-7-20-12-5-3-2-4-11(12)17/h2-5,8H,6-7H2,1H3,(H,15,16,18). The molecule has 2 heterocycles. The van der Waals surface area contributed by atoms with E-state index in [1.165, 1.54) is 18.3 Å². The number of ether oxygens (including phenoxy) is 1. The molecule has 1 aliphatic heterocycles. The molecule has 2 aromatic rings. The van der Waals surface area contributed by atoms with Gasteiger partial charge in [0.25, 0.3) is 5.91 Å². The molecule has 0 radical (unpaired) electrons. The van der Waals surface area contributed by atoms with Crippen molar-refractivity contribution in [3.8, 4) is 5.75 Å². The quantitative estimate of drug-likeness (QED) is 0.922. The second-order valence-electron chi connectivity index (χ2n) is 4.49. The van der Waals surface area contributed by atoms with Crippen LogP contribution < -0.4 is 15.0 Å². The Morgan fingerprint density at radius 1 is 1.38 bits per heavy atom. The molecule has 0 atom stereocenters. The van der Waals surface area contributed by atoms with E-state index in [4.69, 9.17) is 4.74 Å². The lowest BCUT2D eigenvalue weighted by Gasteiger charge is -2.28. The molecule has 1 aliphatic rings. The highest BCUT2D eigenvalue weighted by molar-refractivity contribution is 7.14. The van der Waals surface area contributed by atoms with E-state index in [-0.39, 0.29) is 11.8 Å². The molecular formula is C14H13N3O3S. The van der Waals surface area contributed by atoms with Crippen molar-refractivity contribution in [2.75, 3.05) is 23.4 Å². The van der Waals surface area contributed by atoms with Crippen LogP contribution in [-0.4, -0.2) is 29.9 Å². The lowest BCUT2D eigenvalue weighted by atomic mass is 10.2. The largest absolute Gasteiger partial charge is 0.490 e. The number of para-hydroxylation sites is 2. The van der Waals surface area contributed by atoms with Crippen molar-refractivity contribution in [1.29, 1.82) is 0 Å². The summed E-state index contributed by atoms with van der Waals surface area (Å²) in [5.74, 6) is 0.285. The third-order valence-corrected chi connectivity index (χ3v) is 3.74. The highest BCUT2D eigenvalue weighted by Crippen LogP contribution is 2.32. The number of benzene rings is 1. The van der Waals surface area contributed by atoms with Gasteiger partial charge in [-0.2, -0.15) is 0 Å². The van der Waals surface area contributed by atoms with E-state index in [1.54, 1.807) is 10.3 Å². The van der Waals surface area contributed by atoms with Crippen LogP contribution in [0, 0.1) is 0 Å². The van der Waals surface area contributed by atoms with Gasteiger partial charge in [-0.3, -0.25) is 9.59 Å². The summed E-state index contributed by atoms with van der Waals surface area (Å²) in [7, 11) is 0. The van der Waals surface area contributed by atoms with Gasteiger partial charge in [0, 0.05) is 12.3 Å². The van der Waals surface area contributed by atoms with Gasteiger partial charge in [-0.25, -0.2) is 4.98 Å². The number of thiazole rings is 1. The van der Waals surface area contributed by atoms with Gasteiger partial charge in [0.2, 0.25) is 5.91 Å². The Balaban J connectivity index is 1.86. The number of anilines is 2. The van der Waals surface area contributed by atoms with Crippen LogP contribution in [0.15, 0.2) is 29.6 Å². The summed E-state index contributed by atoms with van der Waals surface area (Å²) < 4.78 is 5.53. The van der Waals surface area contributed by atoms with Crippen LogP contribution >= 0.6 is 11.3 Å². The van der Waals surface area contributed by atoms with Crippen molar-refractivity contribution >= 4 is 34.0 Å². The fourth-order valence-corrected chi connectivity index (χ4v) is 2.83. The maximum atomic E-state index is 12.6. The molecule has 1 N–H and O–H groups in total. The van der Waals surface area contributed by atoms with Crippen LogP contribution in [0.2, 0.25) is 0 Å². The number of rotatable bonds is 2. The summed E-state index contributed by atoms with van der Waals surface area (Å²) in [4.78, 5) is 29.4. The summed E-state index contributed by atoms with van der Waals surface area (Å²) in [6.45, 7) is 2.33. The Labute approximate surface area is 125 Å². The zero-order chi connectivity index (χ0) is 14.8. The van der Waals surface area contributed by atoms with Gasteiger partial charge < -0.3 is 15.0 Å². The molecule has 0 spiro atoms. The molecule has 0 fully saturated rings. The third kappa shape index (κ3) is 2.73. The van der Waals surface area contributed by atoms with Gasteiger partial charge in [0.15, 0.2) is 5.13 Å². The second kappa shape index (κ2) is 5.53. The Kier molecular flexibility index (Phi) is 3.57.